The van der Waals surface area contributed by atoms with Crippen LogP contribution in [0.4, 0.5) is 0 Å². The highest BCUT2D eigenvalue weighted by Gasteiger charge is 2.05. The molecule has 1 N–H and O–H groups in total. The fraction of sp³-hybridized carbons (Fsp3) is 0.700. The summed E-state index contributed by atoms with van der Waals surface area (Å²) in [7, 11) is 0. The predicted molar refractivity (Wildman–Crippen MR) is 94.8 cm³/mol. The van der Waals surface area contributed by atoms with Gasteiger partial charge in [-0.1, -0.05) is 83.6 Å². The van der Waals surface area contributed by atoms with E-state index < -0.39 is 0 Å². The topological polar surface area (TPSA) is 29.1 Å². The number of carbonyl (C=O) groups excluding carboxylic acids is 1. The molecule has 22 heavy (non-hydrogen) atoms. The lowest BCUT2D eigenvalue weighted by atomic mass is 10.1. The van der Waals surface area contributed by atoms with Crippen LogP contribution in [-0.2, 0) is 4.79 Å². The van der Waals surface area contributed by atoms with Crippen LogP contribution in [-0.4, -0.2) is 12.5 Å². The molecule has 0 spiro atoms. The monoisotopic (exact) mass is 303 g/mol. The van der Waals surface area contributed by atoms with Crippen molar-refractivity contribution in [2.24, 2.45) is 0 Å². The van der Waals surface area contributed by atoms with Crippen molar-refractivity contribution in [2.45, 2.75) is 84.0 Å². The molecule has 1 aliphatic rings. The van der Waals surface area contributed by atoms with E-state index in [4.69, 9.17) is 0 Å². The second-order valence-electron chi connectivity index (χ2n) is 6.23. The standard InChI is InChI=1S/C20H33NO/c1-2-3-4-5-6-7-8-9-10-11-12-15-18-21-20(22)19-16-13-14-17-19/h13-14,16H,2-12,15,18H2,1H3,(H,21,22). The van der Waals surface area contributed by atoms with Crippen molar-refractivity contribution < 1.29 is 4.79 Å². The highest BCUT2D eigenvalue weighted by atomic mass is 16.1. The number of unbranched alkanes of at least 4 members (excludes halogenated alkanes) is 11. The highest BCUT2D eigenvalue weighted by molar-refractivity contribution is 5.96. The number of carbonyl (C=O) groups is 1. The van der Waals surface area contributed by atoms with Gasteiger partial charge in [-0.05, 0) is 18.6 Å². The van der Waals surface area contributed by atoms with Gasteiger partial charge in [0.15, 0.2) is 0 Å². The number of allylic oxidation sites excluding steroid dienone is 1. The van der Waals surface area contributed by atoms with Gasteiger partial charge in [0, 0.05) is 6.54 Å². The summed E-state index contributed by atoms with van der Waals surface area (Å²) in [6.45, 7) is 3.06. The third-order valence-electron chi connectivity index (χ3n) is 4.16. The fourth-order valence-electron chi connectivity index (χ4n) is 2.73. The van der Waals surface area contributed by atoms with Crippen molar-refractivity contribution in [3.63, 3.8) is 0 Å². The van der Waals surface area contributed by atoms with Crippen LogP contribution in [0.3, 0.4) is 0 Å². The normalized spacial score (nSPS) is 12.7. The smallest absolute Gasteiger partial charge is 0.259 e. The Morgan fingerprint density at radius 1 is 0.909 bits per heavy atom. The molecule has 0 atom stereocenters. The first-order valence-corrected chi connectivity index (χ1v) is 9.26. The Labute approximate surface area is 136 Å². The Balaban J connectivity index is 1.77. The molecule has 2 nitrogen and oxygen atoms in total. The quantitative estimate of drug-likeness (QED) is 0.335. The van der Waals surface area contributed by atoms with E-state index in [1.807, 2.05) is 6.08 Å². The van der Waals surface area contributed by atoms with Gasteiger partial charge >= 0.3 is 0 Å². The molecule has 2 heteroatoms. The van der Waals surface area contributed by atoms with E-state index in [0.29, 0.717) is 5.57 Å². The average molecular weight is 303 g/mol. The molecule has 0 aromatic rings. The number of nitrogens with one attached hydrogen (secondary N) is 1. The van der Waals surface area contributed by atoms with E-state index in [1.165, 1.54) is 70.6 Å². The van der Waals surface area contributed by atoms with Gasteiger partial charge in [0.25, 0.3) is 5.91 Å². The largest absolute Gasteiger partial charge is 0.352 e. The summed E-state index contributed by atoms with van der Waals surface area (Å²) in [5, 5.41) is 2.95. The van der Waals surface area contributed by atoms with Crippen molar-refractivity contribution in [3.8, 4) is 0 Å². The Morgan fingerprint density at radius 3 is 1.95 bits per heavy atom. The Kier molecular flexibility index (Phi) is 11.4. The zero-order chi connectivity index (χ0) is 15.9. The molecular formula is C20H33NO. The van der Waals surface area contributed by atoms with Crippen LogP contribution in [0.1, 0.15) is 84.0 Å². The summed E-state index contributed by atoms with van der Waals surface area (Å²) in [5.74, 6) is 0.00748. The molecule has 0 saturated heterocycles. The second-order valence-corrected chi connectivity index (χ2v) is 6.23. The van der Waals surface area contributed by atoms with Gasteiger partial charge < -0.3 is 5.32 Å². The van der Waals surface area contributed by atoms with Crippen molar-refractivity contribution in [1.29, 1.82) is 0 Å². The summed E-state index contributed by atoms with van der Waals surface area (Å²) >= 11 is 0. The second kappa shape index (κ2) is 13.4. The van der Waals surface area contributed by atoms with Crippen LogP contribution in [0.15, 0.2) is 29.5 Å². The first-order valence-electron chi connectivity index (χ1n) is 9.26. The van der Waals surface area contributed by atoms with Crippen LogP contribution in [0.2, 0.25) is 0 Å². The summed E-state index contributed by atoms with van der Waals surface area (Å²) in [6.07, 6.45) is 21.6. The Morgan fingerprint density at radius 2 is 1.45 bits per heavy atom. The zero-order valence-electron chi connectivity index (χ0n) is 14.3. The molecule has 0 saturated carbocycles. The molecule has 1 rings (SSSR count). The first-order chi connectivity index (χ1) is 10.8. The van der Waals surface area contributed by atoms with Crippen LogP contribution >= 0.6 is 0 Å². The van der Waals surface area contributed by atoms with Gasteiger partial charge in [-0.25, -0.2) is 0 Å². The third-order valence-corrected chi connectivity index (χ3v) is 4.16. The number of rotatable bonds is 14. The van der Waals surface area contributed by atoms with Crippen LogP contribution < -0.4 is 5.32 Å². The molecule has 0 aliphatic heterocycles. The van der Waals surface area contributed by atoms with Crippen LogP contribution in [0.25, 0.3) is 0 Å². The van der Waals surface area contributed by atoms with Crippen molar-refractivity contribution in [2.75, 3.05) is 6.54 Å². The first kappa shape index (κ1) is 18.8. The summed E-state index contributed by atoms with van der Waals surface area (Å²) in [5.41, 5.74) is 3.57. The Hall–Kier alpha value is -1.27. The van der Waals surface area contributed by atoms with Gasteiger partial charge in [-0.15, -0.1) is 5.73 Å². The van der Waals surface area contributed by atoms with Crippen molar-refractivity contribution in [1.82, 2.24) is 5.32 Å². The van der Waals surface area contributed by atoms with Gasteiger partial charge in [0.1, 0.15) is 0 Å². The lowest BCUT2D eigenvalue weighted by molar-refractivity contribution is -0.117. The average Bonchev–Trinajstić information content (AvgIpc) is 3.06. The lowest BCUT2D eigenvalue weighted by Gasteiger charge is -2.04. The van der Waals surface area contributed by atoms with Crippen LogP contribution in [0.5, 0.6) is 0 Å². The minimum atomic E-state index is 0.00748. The minimum Gasteiger partial charge on any atom is -0.352 e. The number of hydrogen-bond donors (Lipinski definition) is 1. The molecule has 0 aromatic carbocycles. The maximum Gasteiger partial charge on any atom is 0.259 e. The Bertz CT molecular complexity index is 389. The van der Waals surface area contributed by atoms with E-state index in [9.17, 15) is 4.79 Å². The molecule has 124 valence electrons. The van der Waals surface area contributed by atoms with Gasteiger partial charge in [0.2, 0.25) is 0 Å². The van der Waals surface area contributed by atoms with E-state index in [2.05, 4.69) is 18.0 Å². The highest BCUT2D eigenvalue weighted by Crippen LogP contribution is 2.11. The summed E-state index contributed by atoms with van der Waals surface area (Å²) in [4.78, 5) is 11.7. The minimum absolute atomic E-state index is 0.00748. The zero-order valence-corrected chi connectivity index (χ0v) is 14.3. The summed E-state index contributed by atoms with van der Waals surface area (Å²) < 4.78 is 0. The van der Waals surface area contributed by atoms with Gasteiger partial charge in [0.05, 0.1) is 5.57 Å². The molecule has 0 bridgehead atoms. The van der Waals surface area contributed by atoms with E-state index >= 15 is 0 Å². The predicted octanol–water partition coefficient (Wildman–Crippen LogP) is 5.46. The third kappa shape index (κ3) is 9.63. The van der Waals surface area contributed by atoms with E-state index in [-0.39, 0.29) is 5.91 Å². The lowest BCUT2D eigenvalue weighted by Crippen LogP contribution is -2.24. The molecule has 0 fully saturated rings. The van der Waals surface area contributed by atoms with E-state index in [1.54, 1.807) is 12.2 Å². The van der Waals surface area contributed by atoms with Crippen molar-refractivity contribution in [3.05, 3.63) is 29.5 Å². The molecule has 1 amide bonds. The summed E-state index contributed by atoms with van der Waals surface area (Å²) in [6, 6.07) is 0. The molecule has 1 aliphatic carbocycles. The van der Waals surface area contributed by atoms with Crippen molar-refractivity contribution >= 4 is 5.91 Å². The maximum atomic E-state index is 11.7. The van der Waals surface area contributed by atoms with E-state index in [0.717, 1.165) is 13.0 Å². The van der Waals surface area contributed by atoms with Gasteiger partial charge in [-0.2, -0.15) is 0 Å². The molecular weight excluding hydrogens is 270 g/mol. The maximum absolute atomic E-state index is 11.7. The number of hydrogen-bond acceptors (Lipinski definition) is 1. The molecule has 0 unspecified atom stereocenters. The molecule has 0 radical (unpaired) electrons. The number of amides is 1. The molecule has 0 aromatic heterocycles. The van der Waals surface area contributed by atoms with Crippen LogP contribution in [0, 0.1) is 0 Å². The fourth-order valence-corrected chi connectivity index (χ4v) is 2.73. The SMILES string of the molecule is CCCCCCCCCCCCCCNC(=O)C1=C=CC=C1. The van der Waals surface area contributed by atoms with Gasteiger partial charge in [-0.3, -0.25) is 4.79 Å². The molecule has 0 heterocycles.